The summed E-state index contributed by atoms with van der Waals surface area (Å²) in [7, 11) is 0. The van der Waals surface area contributed by atoms with Gasteiger partial charge in [0, 0.05) is 23.4 Å². The molecule has 26 heavy (non-hydrogen) atoms. The summed E-state index contributed by atoms with van der Waals surface area (Å²) >= 11 is 0. The molecule has 0 fully saturated rings. The van der Waals surface area contributed by atoms with Gasteiger partial charge in [0.25, 0.3) is 0 Å². The number of hydrazone groups is 1. The van der Waals surface area contributed by atoms with Gasteiger partial charge < -0.3 is 5.11 Å². The normalized spacial score (nSPS) is 16.6. The van der Waals surface area contributed by atoms with E-state index in [-0.39, 0.29) is 11.8 Å². The summed E-state index contributed by atoms with van der Waals surface area (Å²) < 4.78 is 0. The zero-order valence-corrected chi connectivity index (χ0v) is 14.8. The van der Waals surface area contributed by atoms with Crippen LogP contribution in [0, 0.1) is 13.8 Å². The van der Waals surface area contributed by atoms with E-state index in [1.807, 2.05) is 73.5 Å². The van der Waals surface area contributed by atoms with Crippen LogP contribution in [0.2, 0.25) is 0 Å². The van der Waals surface area contributed by atoms with Gasteiger partial charge in [0.15, 0.2) is 0 Å². The minimum atomic E-state index is -0.146. The van der Waals surface area contributed by atoms with Gasteiger partial charge >= 0.3 is 0 Å². The first-order chi connectivity index (χ1) is 12.6. The van der Waals surface area contributed by atoms with E-state index in [4.69, 9.17) is 5.10 Å². The lowest BCUT2D eigenvalue weighted by atomic mass is 9.98. The Morgan fingerprint density at radius 1 is 0.923 bits per heavy atom. The predicted molar refractivity (Wildman–Crippen MR) is 102 cm³/mol. The van der Waals surface area contributed by atoms with E-state index in [0.717, 1.165) is 28.2 Å². The maximum atomic E-state index is 10.4. The van der Waals surface area contributed by atoms with Gasteiger partial charge in [0.05, 0.1) is 11.8 Å². The van der Waals surface area contributed by atoms with E-state index in [0.29, 0.717) is 12.4 Å². The third kappa shape index (κ3) is 3.04. The van der Waals surface area contributed by atoms with Crippen molar-refractivity contribution in [1.82, 2.24) is 9.97 Å². The quantitative estimate of drug-likeness (QED) is 0.775. The highest BCUT2D eigenvalue weighted by atomic mass is 16.3. The fourth-order valence-electron chi connectivity index (χ4n) is 3.32. The molecule has 0 bridgehead atoms. The van der Waals surface area contributed by atoms with Crippen LogP contribution in [0.5, 0.6) is 5.75 Å². The van der Waals surface area contributed by atoms with Gasteiger partial charge in [-0.1, -0.05) is 48.5 Å². The van der Waals surface area contributed by atoms with Crippen molar-refractivity contribution in [2.24, 2.45) is 5.10 Å². The molecular weight excluding hydrogens is 324 g/mol. The zero-order chi connectivity index (χ0) is 18.1. The van der Waals surface area contributed by atoms with Gasteiger partial charge in [-0.3, -0.25) is 0 Å². The van der Waals surface area contributed by atoms with Gasteiger partial charge in [-0.15, -0.1) is 0 Å². The Morgan fingerprint density at radius 3 is 2.27 bits per heavy atom. The molecular formula is C21H20N4O. The second-order valence-corrected chi connectivity index (χ2v) is 6.49. The van der Waals surface area contributed by atoms with Crippen LogP contribution in [0.15, 0.2) is 65.8 Å². The van der Waals surface area contributed by atoms with E-state index in [2.05, 4.69) is 9.97 Å². The molecule has 1 aromatic heterocycles. The number of benzene rings is 2. The molecule has 0 spiro atoms. The number of aromatic nitrogens is 2. The molecule has 0 saturated carbocycles. The van der Waals surface area contributed by atoms with Crippen LogP contribution in [0.4, 0.5) is 5.95 Å². The number of aromatic hydroxyl groups is 1. The Hall–Kier alpha value is -3.21. The molecule has 0 saturated heterocycles. The summed E-state index contributed by atoms with van der Waals surface area (Å²) in [5.74, 6) is 0.818. The van der Waals surface area contributed by atoms with Crippen molar-refractivity contribution in [1.29, 1.82) is 0 Å². The van der Waals surface area contributed by atoms with Crippen molar-refractivity contribution in [2.75, 3.05) is 5.01 Å². The molecule has 2 aromatic carbocycles. The van der Waals surface area contributed by atoms with Gasteiger partial charge in [-0.25, -0.2) is 15.0 Å². The number of nitrogens with zero attached hydrogens (tertiary/aromatic N) is 4. The fourth-order valence-corrected chi connectivity index (χ4v) is 3.32. The van der Waals surface area contributed by atoms with Gasteiger partial charge in [-0.2, -0.15) is 5.10 Å². The minimum absolute atomic E-state index is 0.146. The average molecular weight is 344 g/mol. The molecule has 0 aliphatic carbocycles. The molecule has 1 aliphatic heterocycles. The molecule has 5 heteroatoms. The summed E-state index contributed by atoms with van der Waals surface area (Å²) in [6.45, 7) is 3.90. The number of anilines is 1. The van der Waals surface area contributed by atoms with E-state index < -0.39 is 0 Å². The van der Waals surface area contributed by atoms with Crippen LogP contribution in [0.25, 0.3) is 0 Å². The number of phenolic OH excluding ortho intramolecular Hbond substituents is 1. The lowest BCUT2D eigenvalue weighted by Crippen LogP contribution is -2.21. The van der Waals surface area contributed by atoms with Crippen LogP contribution >= 0.6 is 0 Å². The Bertz CT molecular complexity index is 949. The van der Waals surface area contributed by atoms with E-state index in [9.17, 15) is 5.11 Å². The van der Waals surface area contributed by atoms with Crippen molar-refractivity contribution in [3.05, 3.63) is 83.2 Å². The van der Waals surface area contributed by atoms with E-state index in [1.165, 1.54) is 0 Å². The van der Waals surface area contributed by atoms with Crippen molar-refractivity contribution in [3.63, 3.8) is 0 Å². The monoisotopic (exact) mass is 344 g/mol. The zero-order valence-electron chi connectivity index (χ0n) is 14.8. The number of hydrogen-bond acceptors (Lipinski definition) is 5. The molecule has 5 nitrogen and oxygen atoms in total. The molecule has 1 unspecified atom stereocenters. The molecule has 2 heterocycles. The first-order valence-electron chi connectivity index (χ1n) is 8.64. The Morgan fingerprint density at radius 2 is 1.58 bits per heavy atom. The van der Waals surface area contributed by atoms with Crippen LogP contribution in [-0.2, 0) is 0 Å². The standard InChI is InChI=1S/C21H20N4O/c1-14-12-15(2)23-21(22-14)25-19(17-10-6-7-11-20(17)26)13-18(24-25)16-8-4-3-5-9-16/h3-12,19,26H,13H2,1-2H3. The van der Waals surface area contributed by atoms with E-state index >= 15 is 0 Å². The lowest BCUT2D eigenvalue weighted by molar-refractivity contribution is 0.460. The smallest absolute Gasteiger partial charge is 0.247 e. The predicted octanol–water partition coefficient (Wildman–Crippen LogP) is 4.15. The minimum Gasteiger partial charge on any atom is -0.508 e. The van der Waals surface area contributed by atoms with Gasteiger partial charge in [0.1, 0.15) is 5.75 Å². The van der Waals surface area contributed by atoms with Crippen LogP contribution < -0.4 is 5.01 Å². The van der Waals surface area contributed by atoms with Crippen molar-refractivity contribution < 1.29 is 5.11 Å². The summed E-state index contributed by atoms with van der Waals surface area (Å²) in [5, 5.41) is 17.0. The highest BCUT2D eigenvalue weighted by molar-refractivity contribution is 6.03. The van der Waals surface area contributed by atoms with Crippen molar-refractivity contribution >= 4 is 11.7 Å². The van der Waals surface area contributed by atoms with E-state index in [1.54, 1.807) is 6.07 Å². The second kappa shape index (κ2) is 6.59. The molecule has 130 valence electrons. The fraction of sp³-hybridized carbons (Fsp3) is 0.190. The number of hydrogen-bond donors (Lipinski definition) is 1. The number of para-hydroxylation sites is 1. The highest BCUT2D eigenvalue weighted by Gasteiger charge is 2.33. The Kier molecular flexibility index (Phi) is 4.13. The third-order valence-electron chi connectivity index (χ3n) is 4.49. The number of rotatable bonds is 3. The summed E-state index contributed by atoms with van der Waals surface area (Å²) in [6, 6.07) is 19.3. The second-order valence-electron chi connectivity index (χ2n) is 6.49. The first-order valence-corrected chi connectivity index (χ1v) is 8.64. The highest BCUT2D eigenvalue weighted by Crippen LogP contribution is 2.38. The molecule has 1 aliphatic rings. The number of aryl methyl sites for hydroxylation is 2. The molecule has 0 radical (unpaired) electrons. The average Bonchev–Trinajstić information content (AvgIpc) is 3.07. The molecule has 1 atom stereocenters. The van der Waals surface area contributed by atoms with Gasteiger partial charge in [-0.05, 0) is 31.5 Å². The number of phenols is 1. The summed E-state index contributed by atoms with van der Waals surface area (Å²) in [4.78, 5) is 9.15. The largest absolute Gasteiger partial charge is 0.508 e. The summed E-state index contributed by atoms with van der Waals surface area (Å²) in [5.41, 5.74) is 4.64. The SMILES string of the molecule is Cc1cc(C)nc(N2N=C(c3ccccc3)CC2c2ccccc2O)n1. The molecule has 3 aromatic rings. The maximum absolute atomic E-state index is 10.4. The molecule has 4 rings (SSSR count). The Labute approximate surface area is 152 Å². The van der Waals surface area contributed by atoms with Crippen LogP contribution in [0.3, 0.4) is 0 Å². The third-order valence-corrected chi connectivity index (χ3v) is 4.49. The van der Waals surface area contributed by atoms with Crippen molar-refractivity contribution in [3.8, 4) is 5.75 Å². The van der Waals surface area contributed by atoms with Crippen LogP contribution in [-0.4, -0.2) is 20.8 Å². The van der Waals surface area contributed by atoms with Gasteiger partial charge in [0.2, 0.25) is 5.95 Å². The van der Waals surface area contributed by atoms with Crippen LogP contribution in [0.1, 0.15) is 35.0 Å². The topological polar surface area (TPSA) is 61.6 Å². The van der Waals surface area contributed by atoms with Crippen molar-refractivity contribution in [2.45, 2.75) is 26.3 Å². The molecule has 0 amide bonds. The Balaban J connectivity index is 1.81. The first kappa shape index (κ1) is 16.3. The molecule has 1 N–H and O–H groups in total. The maximum Gasteiger partial charge on any atom is 0.247 e. The lowest BCUT2D eigenvalue weighted by Gasteiger charge is -2.23. The summed E-state index contributed by atoms with van der Waals surface area (Å²) in [6.07, 6.45) is 0.679.